The zero-order chi connectivity index (χ0) is 15.6. The summed E-state index contributed by atoms with van der Waals surface area (Å²) in [5, 5.41) is 19.8. The summed E-state index contributed by atoms with van der Waals surface area (Å²) in [5.74, 6) is 0.461. The standard InChI is InChI=1S/C13H7Br2N3O3/c1-7-2-3-8(6-16)13(17-7)21-12-10(14)4-9(18(19)20)5-11(12)15/h2-5H,1H3. The van der Waals surface area contributed by atoms with Crippen molar-refractivity contribution in [3.63, 3.8) is 0 Å². The summed E-state index contributed by atoms with van der Waals surface area (Å²) >= 11 is 6.44. The van der Waals surface area contributed by atoms with Crippen LogP contribution in [0, 0.1) is 28.4 Å². The summed E-state index contributed by atoms with van der Waals surface area (Å²) in [6.45, 7) is 1.77. The molecular formula is C13H7Br2N3O3. The highest BCUT2D eigenvalue weighted by molar-refractivity contribution is 9.11. The molecule has 106 valence electrons. The lowest BCUT2D eigenvalue weighted by molar-refractivity contribution is -0.385. The van der Waals surface area contributed by atoms with Crippen LogP contribution in [0.3, 0.4) is 0 Å². The van der Waals surface area contributed by atoms with E-state index in [1.54, 1.807) is 19.1 Å². The van der Waals surface area contributed by atoms with Crippen LogP contribution in [0.1, 0.15) is 11.3 Å². The van der Waals surface area contributed by atoms with Crippen molar-refractivity contribution in [3.8, 4) is 17.7 Å². The number of non-ortho nitro benzene ring substituents is 1. The molecule has 1 aromatic heterocycles. The zero-order valence-corrected chi connectivity index (χ0v) is 13.8. The number of hydrogen-bond donors (Lipinski definition) is 0. The Morgan fingerprint density at radius 1 is 1.33 bits per heavy atom. The summed E-state index contributed by atoms with van der Waals surface area (Å²) in [6.07, 6.45) is 0. The second kappa shape index (κ2) is 6.20. The molecule has 0 saturated carbocycles. The van der Waals surface area contributed by atoms with Gasteiger partial charge in [0.1, 0.15) is 11.6 Å². The maximum atomic E-state index is 10.8. The van der Waals surface area contributed by atoms with Crippen molar-refractivity contribution in [2.45, 2.75) is 6.92 Å². The topological polar surface area (TPSA) is 89.0 Å². The summed E-state index contributed by atoms with van der Waals surface area (Å²) in [7, 11) is 0. The van der Waals surface area contributed by atoms with Gasteiger partial charge < -0.3 is 4.74 Å². The number of pyridine rings is 1. The maximum absolute atomic E-state index is 10.8. The first-order chi connectivity index (χ1) is 9.92. The maximum Gasteiger partial charge on any atom is 0.271 e. The molecule has 0 fully saturated rings. The van der Waals surface area contributed by atoms with E-state index in [4.69, 9.17) is 10.00 Å². The van der Waals surface area contributed by atoms with Gasteiger partial charge in [-0.2, -0.15) is 5.26 Å². The van der Waals surface area contributed by atoms with Crippen molar-refractivity contribution >= 4 is 37.5 Å². The third kappa shape index (κ3) is 3.37. The molecule has 21 heavy (non-hydrogen) atoms. The Labute approximate surface area is 136 Å². The largest absolute Gasteiger partial charge is 0.435 e. The Balaban J connectivity index is 2.48. The van der Waals surface area contributed by atoms with Crippen molar-refractivity contribution in [2.24, 2.45) is 0 Å². The summed E-state index contributed by atoms with van der Waals surface area (Å²) in [6, 6.07) is 7.93. The molecule has 0 aliphatic carbocycles. The van der Waals surface area contributed by atoms with Gasteiger partial charge in [0.15, 0.2) is 5.75 Å². The molecule has 0 unspecified atom stereocenters. The van der Waals surface area contributed by atoms with E-state index in [1.807, 2.05) is 6.07 Å². The minimum atomic E-state index is -0.509. The average Bonchev–Trinajstić information content (AvgIpc) is 2.42. The SMILES string of the molecule is Cc1ccc(C#N)c(Oc2c(Br)cc([N+](=O)[O-])cc2Br)n1. The molecule has 0 bridgehead atoms. The minimum Gasteiger partial charge on any atom is -0.435 e. The van der Waals surface area contributed by atoms with E-state index in [0.717, 1.165) is 0 Å². The molecule has 0 aliphatic rings. The van der Waals surface area contributed by atoms with Gasteiger partial charge >= 0.3 is 0 Å². The van der Waals surface area contributed by atoms with Crippen molar-refractivity contribution < 1.29 is 9.66 Å². The van der Waals surface area contributed by atoms with E-state index < -0.39 is 4.92 Å². The molecule has 0 N–H and O–H groups in total. The van der Waals surface area contributed by atoms with E-state index in [1.165, 1.54) is 12.1 Å². The molecule has 0 amide bonds. The predicted molar refractivity (Wildman–Crippen MR) is 82.3 cm³/mol. The Bertz CT molecular complexity index is 749. The fourth-order valence-electron chi connectivity index (χ4n) is 1.54. The number of nitrogens with zero attached hydrogens (tertiary/aromatic N) is 3. The van der Waals surface area contributed by atoms with Crippen LogP contribution in [-0.4, -0.2) is 9.91 Å². The average molecular weight is 413 g/mol. The van der Waals surface area contributed by atoms with Crippen LogP contribution in [0.25, 0.3) is 0 Å². The number of aromatic nitrogens is 1. The fraction of sp³-hybridized carbons (Fsp3) is 0.0769. The van der Waals surface area contributed by atoms with Crippen LogP contribution < -0.4 is 4.74 Å². The molecule has 0 atom stereocenters. The Morgan fingerprint density at radius 3 is 2.48 bits per heavy atom. The van der Waals surface area contributed by atoms with Gasteiger partial charge in [-0.25, -0.2) is 4.98 Å². The fourth-order valence-corrected chi connectivity index (χ4v) is 2.87. The quantitative estimate of drug-likeness (QED) is 0.547. The monoisotopic (exact) mass is 411 g/mol. The highest BCUT2D eigenvalue weighted by Gasteiger charge is 2.17. The first kappa shape index (κ1) is 15.4. The second-order valence-corrected chi connectivity index (χ2v) is 5.72. The van der Waals surface area contributed by atoms with Crippen LogP contribution in [0.2, 0.25) is 0 Å². The van der Waals surface area contributed by atoms with Crippen molar-refractivity contribution in [3.05, 3.63) is 54.6 Å². The van der Waals surface area contributed by atoms with E-state index in [-0.39, 0.29) is 17.1 Å². The van der Waals surface area contributed by atoms with Crippen molar-refractivity contribution in [1.82, 2.24) is 4.98 Å². The van der Waals surface area contributed by atoms with Crippen LogP contribution >= 0.6 is 31.9 Å². The number of halogens is 2. The highest BCUT2D eigenvalue weighted by atomic mass is 79.9. The van der Waals surface area contributed by atoms with Gasteiger partial charge in [0, 0.05) is 17.8 Å². The molecule has 0 aliphatic heterocycles. The van der Waals surface area contributed by atoms with Gasteiger partial charge in [0.2, 0.25) is 5.88 Å². The lowest BCUT2D eigenvalue weighted by atomic mass is 10.2. The minimum absolute atomic E-state index is 0.0844. The van der Waals surface area contributed by atoms with Gasteiger partial charge in [-0.15, -0.1) is 0 Å². The zero-order valence-electron chi connectivity index (χ0n) is 10.6. The van der Waals surface area contributed by atoms with Gasteiger partial charge in [0.05, 0.1) is 13.9 Å². The Morgan fingerprint density at radius 2 is 1.95 bits per heavy atom. The number of ether oxygens (including phenoxy) is 1. The molecule has 8 heteroatoms. The number of rotatable bonds is 3. The van der Waals surface area contributed by atoms with E-state index in [9.17, 15) is 10.1 Å². The third-order valence-electron chi connectivity index (χ3n) is 2.51. The first-order valence-electron chi connectivity index (χ1n) is 5.61. The Kier molecular flexibility index (Phi) is 4.55. The molecular weight excluding hydrogens is 406 g/mol. The predicted octanol–water partition coefficient (Wildman–Crippen LogP) is 4.49. The number of benzene rings is 1. The second-order valence-electron chi connectivity index (χ2n) is 4.01. The lowest BCUT2D eigenvalue weighted by Crippen LogP contribution is -1.96. The van der Waals surface area contributed by atoms with Crippen LogP contribution in [0.4, 0.5) is 5.69 Å². The molecule has 0 radical (unpaired) electrons. The van der Waals surface area contributed by atoms with Gasteiger partial charge in [-0.05, 0) is 50.9 Å². The summed E-state index contributed by atoms with van der Waals surface area (Å²) in [5.41, 5.74) is 0.884. The lowest BCUT2D eigenvalue weighted by Gasteiger charge is -2.10. The molecule has 1 aromatic carbocycles. The van der Waals surface area contributed by atoms with E-state index >= 15 is 0 Å². The van der Waals surface area contributed by atoms with Gasteiger partial charge in [-0.1, -0.05) is 0 Å². The van der Waals surface area contributed by atoms with Crippen molar-refractivity contribution in [2.75, 3.05) is 0 Å². The third-order valence-corrected chi connectivity index (χ3v) is 3.69. The van der Waals surface area contributed by atoms with Gasteiger partial charge in [-0.3, -0.25) is 10.1 Å². The number of aryl methyl sites for hydroxylation is 1. The number of hydrogen-bond acceptors (Lipinski definition) is 5. The summed E-state index contributed by atoms with van der Waals surface area (Å²) in [4.78, 5) is 14.4. The van der Waals surface area contributed by atoms with Crippen LogP contribution in [0.5, 0.6) is 11.6 Å². The molecule has 0 spiro atoms. The normalized spacial score (nSPS) is 10.0. The van der Waals surface area contributed by atoms with E-state index in [2.05, 4.69) is 36.8 Å². The number of nitro benzene ring substituents is 1. The first-order valence-corrected chi connectivity index (χ1v) is 7.20. The summed E-state index contributed by atoms with van der Waals surface area (Å²) < 4.78 is 6.40. The molecule has 0 saturated heterocycles. The molecule has 2 rings (SSSR count). The van der Waals surface area contributed by atoms with Crippen LogP contribution in [-0.2, 0) is 0 Å². The van der Waals surface area contributed by atoms with E-state index in [0.29, 0.717) is 20.4 Å². The number of nitro groups is 1. The molecule has 1 heterocycles. The van der Waals surface area contributed by atoms with Crippen molar-refractivity contribution in [1.29, 1.82) is 5.26 Å². The number of nitriles is 1. The molecule has 6 nitrogen and oxygen atoms in total. The highest BCUT2D eigenvalue weighted by Crippen LogP contribution is 2.39. The Hall–Kier alpha value is -1.98. The van der Waals surface area contributed by atoms with Crippen LogP contribution in [0.15, 0.2) is 33.2 Å². The molecule has 2 aromatic rings. The van der Waals surface area contributed by atoms with Gasteiger partial charge in [0.25, 0.3) is 5.69 Å². The smallest absolute Gasteiger partial charge is 0.271 e.